The van der Waals surface area contributed by atoms with E-state index in [1.807, 2.05) is 6.07 Å². The minimum atomic E-state index is 0.0815. The molecular formula is C17H24N4O2. The van der Waals surface area contributed by atoms with Gasteiger partial charge in [0, 0.05) is 37.9 Å². The number of piperidine rings is 1. The van der Waals surface area contributed by atoms with Crippen molar-refractivity contribution in [3.8, 4) is 0 Å². The van der Waals surface area contributed by atoms with Crippen LogP contribution in [0, 0.1) is 17.8 Å². The number of anilines is 1. The fourth-order valence-electron chi connectivity index (χ4n) is 3.77. The first kappa shape index (κ1) is 14.9. The number of rotatable bonds is 5. The second-order valence-corrected chi connectivity index (χ2v) is 7.03. The van der Waals surface area contributed by atoms with Crippen LogP contribution in [0.1, 0.15) is 25.7 Å². The number of hydrogen-bond donors (Lipinski definition) is 1. The van der Waals surface area contributed by atoms with Crippen molar-refractivity contribution >= 4 is 11.9 Å². The molecule has 1 aromatic rings. The third kappa shape index (κ3) is 3.47. The average Bonchev–Trinajstić information content (AvgIpc) is 3.35. The van der Waals surface area contributed by atoms with Crippen molar-refractivity contribution in [2.24, 2.45) is 17.8 Å². The highest BCUT2D eigenvalue weighted by Gasteiger charge is 2.42. The zero-order valence-corrected chi connectivity index (χ0v) is 13.4. The summed E-state index contributed by atoms with van der Waals surface area (Å²) in [6.45, 7) is 3.46. The molecule has 3 aliphatic rings. The molecule has 1 aromatic heterocycles. The molecule has 3 fully saturated rings. The van der Waals surface area contributed by atoms with Crippen LogP contribution in [-0.4, -0.2) is 48.2 Å². The van der Waals surface area contributed by atoms with E-state index in [-0.39, 0.29) is 12.0 Å². The number of carbonyl (C=O) groups is 1. The van der Waals surface area contributed by atoms with Crippen LogP contribution in [0.5, 0.6) is 0 Å². The average molecular weight is 316 g/mol. The predicted octanol–water partition coefficient (Wildman–Crippen LogP) is 1.23. The molecule has 124 valence electrons. The molecule has 0 unspecified atom stereocenters. The molecular weight excluding hydrogens is 292 g/mol. The van der Waals surface area contributed by atoms with Gasteiger partial charge in [0.2, 0.25) is 11.9 Å². The number of hydrogen-bond acceptors (Lipinski definition) is 5. The molecule has 4 rings (SSSR count). The maximum atomic E-state index is 12.1. The smallest absolute Gasteiger partial charge is 0.225 e. The lowest BCUT2D eigenvalue weighted by Crippen LogP contribution is -2.43. The Kier molecular flexibility index (Phi) is 4.16. The minimum Gasteiger partial charge on any atom is -0.377 e. The van der Waals surface area contributed by atoms with Gasteiger partial charge in [-0.1, -0.05) is 0 Å². The summed E-state index contributed by atoms with van der Waals surface area (Å²) in [6, 6.07) is 1.84. The van der Waals surface area contributed by atoms with Crippen LogP contribution in [0.4, 0.5) is 5.95 Å². The number of nitrogens with zero attached hydrogens (tertiary/aromatic N) is 3. The van der Waals surface area contributed by atoms with Gasteiger partial charge in [-0.3, -0.25) is 4.79 Å². The van der Waals surface area contributed by atoms with Crippen molar-refractivity contribution in [1.82, 2.24) is 15.3 Å². The van der Waals surface area contributed by atoms with Crippen molar-refractivity contribution in [1.29, 1.82) is 0 Å². The Morgan fingerprint density at radius 2 is 2.13 bits per heavy atom. The summed E-state index contributed by atoms with van der Waals surface area (Å²) < 4.78 is 5.95. The summed E-state index contributed by atoms with van der Waals surface area (Å²) in [5.74, 6) is 2.65. The highest BCUT2D eigenvalue weighted by molar-refractivity contribution is 5.76. The van der Waals surface area contributed by atoms with Crippen molar-refractivity contribution in [3.05, 3.63) is 18.5 Å². The van der Waals surface area contributed by atoms with E-state index in [1.54, 1.807) is 12.4 Å². The molecule has 1 amide bonds. The quantitative estimate of drug-likeness (QED) is 0.885. The van der Waals surface area contributed by atoms with Crippen LogP contribution in [0.15, 0.2) is 18.5 Å². The van der Waals surface area contributed by atoms with Crippen molar-refractivity contribution in [2.75, 3.05) is 31.1 Å². The lowest BCUT2D eigenvalue weighted by Gasteiger charge is -2.35. The fraction of sp³-hybridized carbons (Fsp3) is 0.706. The molecule has 2 aliphatic heterocycles. The summed E-state index contributed by atoms with van der Waals surface area (Å²) in [5, 5.41) is 3.05. The SMILES string of the molecule is O=C(C[C@@H]1OC[C@H]2CN(c3ncccn3)CC[C@H]21)NCC1CC1. The first-order valence-corrected chi connectivity index (χ1v) is 8.70. The Labute approximate surface area is 136 Å². The highest BCUT2D eigenvalue weighted by Crippen LogP contribution is 2.36. The lowest BCUT2D eigenvalue weighted by atomic mass is 9.83. The van der Waals surface area contributed by atoms with Crippen LogP contribution >= 0.6 is 0 Å². The summed E-state index contributed by atoms with van der Waals surface area (Å²) in [7, 11) is 0. The zero-order chi connectivity index (χ0) is 15.6. The van der Waals surface area contributed by atoms with E-state index >= 15 is 0 Å². The molecule has 1 N–H and O–H groups in total. The second-order valence-electron chi connectivity index (χ2n) is 7.03. The van der Waals surface area contributed by atoms with Gasteiger partial charge in [0.05, 0.1) is 19.1 Å². The van der Waals surface area contributed by atoms with E-state index in [2.05, 4.69) is 20.2 Å². The van der Waals surface area contributed by atoms with Crippen LogP contribution in [0.2, 0.25) is 0 Å². The normalized spacial score (nSPS) is 30.1. The highest BCUT2D eigenvalue weighted by atomic mass is 16.5. The molecule has 1 saturated carbocycles. The number of ether oxygens (including phenoxy) is 1. The molecule has 0 radical (unpaired) electrons. The summed E-state index contributed by atoms with van der Waals surface area (Å²) in [5.41, 5.74) is 0. The van der Waals surface area contributed by atoms with Gasteiger partial charge in [-0.2, -0.15) is 0 Å². The zero-order valence-electron chi connectivity index (χ0n) is 13.4. The second kappa shape index (κ2) is 6.43. The molecule has 1 aliphatic carbocycles. The predicted molar refractivity (Wildman–Crippen MR) is 85.9 cm³/mol. The van der Waals surface area contributed by atoms with E-state index < -0.39 is 0 Å². The van der Waals surface area contributed by atoms with Crippen LogP contribution in [0.25, 0.3) is 0 Å². The molecule has 0 aromatic carbocycles. The summed E-state index contributed by atoms with van der Waals surface area (Å²) >= 11 is 0. The first-order chi connectivity index (χ1) is 11.3. The number of nitrogens with one attached hydrogen (secondary N) is 1. The maximum absolute atomic E-state index is 12.1. The van der Waals surface area contributed by atoms with E-state index in [4.69, 9.17) is 4.74 Å². The van der Waals surface area contributed by atoms with Gasteiger partial charge in [0.15, 0.2) is 0 Å². The van der Waals surface area contributed by atoms with E-state index in [0.717, 1.165) is 44.5 Å². The fourth-order valence-corrected chi connectivity index (χ4v) is 3.77. The van der Waals surface area contributed by atoms with Gasteiger partial charge < -0.3 is 15.0 Å². The Balaban J connectivity index is 1.30. The topological polar surface area (TPSA) is 67.3 Å². The van der Waals surface area contributed by atoms with Gasteiger partial charge in [-0.15, -0.1) is 0 Å². The molecule has 6 heteroatoms. The monoisotopic (exact) mass is 316 g/mol. The third-order valence-electron chi connectivity index (χ3n) is 5.30. The van der Waals surface area contributed by atoms with Crippen molar-refractivity contribution in [3.63, 3.8) is 0 Å². The van der Waals surface area contributed by atoms with Crippen molar-refractivity contribution in [2.45, 2.75) is 31.8 Å². The molecule has 3 heterocycles. The molecule has 6 nitrogen and oxygen atoms in total. The Morgan fingerprint density at radius 1 is 1.30 bits per heavy atom. The molecule has 2 saturated heterocycles. The standard InChI is InChI=1S/C17H24N4O2/c22-16(20-9-12-2-3-12)8-15-14-4-7-21(10-13(14)11-23-15)17-18-5-1-6-19-17/h1,5-6,12-15H,2-4,7-11H2,(H,20,22)/t13-,14-,15+/m1/s1. The van der Waals surface area contributed by atoms with Gasteiger partial charge in [-0.25, -0.2) is 9.97 Å². The number of aromatic nitrogens is 2. The van der Waals surface area contributed by atoms with Gasteiger partial charge >= 0.3 is 0 Å². The molecule has 0 bridgehead atoms. The van der Waals surface area contributed by atoms with Crippen molar-refractivity contribution < 1.29 is 9.53 Å². The first-order valence-electron chi connectivity index (χ1n) is 8.70. The van der Waals surface area contributed by atoms with Crippen LogP contribution in [0.3, 0.4) is 0 Å². The van der Waals surface area contributed by atoms with Gasteiger partial charge in [0.1, 0.15) is 0 Å². The molecule has 23 heavy (non-hydrogen) atoms. The van der Waals surface area contributed by atoms with E-state index in [0.29, 0.717) is 18.3 Å². The van der Waals surface area contributed by atoms with Gasteiger partial charge in [-0.05, 0) is 37.2 Å². The number of carbonyl (C=O) groups excluding carboxylic acids is 1. The van der Waals surface area contributed by atoms with E-state index in [1.165, 1.54) is 12.8 Å². The summed E-state index contributed by atoms with van der Waals surface area (Å²) in [4.78, 5) is 23.0. The van der Waals surface area contributed by atoms with Gasteiger partial charge in [0.25, 0.3) is 0 Å². The van der Waals surface area contributed by atoms with Crippen LogP contribution in [-0.2, 0) is 9.53 Å². The minimum absolute atomic E-state index is 0.0815. The largest absolute Gasteiger partial charge is 0.377 e. The van der Waals surface area contributed by atoms with E-state index in [9.17, 15) is 4.79 Å². The molecule has 3 atom stereocenters. The number of amides is 1. The van der Waals surface area contributed by atoms with Crippen LogP contribution < -0.4 is 10.2 Å². The molecule has 0 spiro atoms. The number of fused-ring (bicyclic) bond motifs is 1. The Morgan fingerprint density at radius 3 is 2.91 bits per heavy atom. The Hall–Kier alpha value is -1.69. The maximum Gasteiger partial charge on any atom is 0.225 e. The Bertz CT molecular complexity index is 549. The summed E-state index contributed by atoms with van der Waals surface area (Å²) in [6.07, 6.45) is 7.74. The lowest BCUT2D eigenvalue weighted by molar-refractivity contribution is -0.123. The third-order valence-corrected chi connectivity index (χ3v) is 5.30.